The van der Waals surface area contributed by atoms with Crippen LogP contribution in [0.1, 0.15) is 29.9 Å². The molecule has 2 heterocycles. The molecule has 2 aromatic rings. The average molecular weight is 481 g/mol. The van der Waals surface area contributed by atoms with E-state index in [1.54, 1.807) is 0 Å². The topological polar surface area (TPSA) is 125 Å². The Morgan fingerprint density at radius 3 is 2.37 bits per heavy atom. The predicted octanol–water partition coefficient (Wildman–Crippen LogP) is 1.98. The van der Waals surface area contributed by atoms with Gasteiger partial charge in [-0.2, -0.15) is 0 Å². The van der Waals surface area contributed by atoms with E-state index in [0.717, 1.165) is 22.3 Å². The van der Waals surface area contributed by atoms with E-state index >= 15 is 0 Å². The number of alkyl carbamates (subject to hydrolysis) is 1. The van der Waals surface area contributed by atoms with Crippen LogP contribution in [-0.4, -0.2) is 77.6 Å². The zero-order valence-corrected chi connectivity index (χ0v) is 19.1. The number of rotatable bonds is 6. The van der Waals surface area contributed by atoms with Gasteiger partial charge in [-0.05, 0) is 28.7 Å². The lowest BCUT2D eigenvalue weighted by molar-refractivity contribution is -0.153. The first-order valence-corrected chi connectivity index (χ1v) is 11.9. The lowest BCUT2D eigenvalue weighted by atomic mass is 9.98. The number of hydrogen-bond donors (Lipinski definition) is 3. The molecular formula is C26H28N2O7. The lowest BCUT2D eigenvalue weighted by Crippen LogP contribution is -2.48. The molecule has 0 radical (unpaired) electrons. The standard InChI is InChI=1S/C26H28N2O7/c29-16-11-22(25(31)32)28(13-16)24(30)23-15(9-10-34-23)12-27-26(33)35-14-21-19-7-3-1-5-17(19)18-6-2-4-8-20(18)21/h1-8,15-16,21-23,29H,9-14H2,(H,27,33)(H,31,32)/t15?,16-,22-,23?/m1/s1. The van der Waals surface area contributed by atoms with Gasteiger partial charge in [-0.1, -0.05) is 48.5 Å². The molecular weight excluding hydrogens is 452 g/mol. The number of nitrogens with one attached hydrogen (secondary N) is 1. The number of carboxylic acid groups (broad SMARTS) is 1. The monoisotopic (exact) mass is 480 g/mol. The van der Waals surface area contributed by atoms with Gasteiger partial charge in [0.05, 0.1) is 6.10 Å². The molecule has 2 unspecified atom stereocenters. The van der Waals surface area contributed by atoms with Crippen LogP contribution in [0.25, 0.3) is 11.1 Å². The molecule has 9 heteroatoms. The van der Waals surface area contributed by atoms with Gasteiger partial charge in [-0.25, -0.2) is 9.59 Å². The summed E-state index contributed by atoms with van der Waals surface area (Å²) >= 11 is 0. The molecule has 0 saturated carbocycles. The number of carboxylic acids is 1. The molecule has 3 N–H and O–H groups in total. The van der Waals surface area contributed by atoms with Crippen molar-refractivity contribution in [3.8, 4) is 11.1 Å². The number of carbonyl (C=O) groups is 3. The summed E-state index contributed by atoms with van der Waals surface area (Å²) in [6.07, 6.45) is -1.77. The number of β-amino-alcohol motifs (C(OH)–C–C–N with tert-alkyl or cyclic N) is 1. The van der Waals surface area contributed by atoms with E-state index in [-0.39, 0.29) is 38.0 Å². The summed E-state index contributed by atoms with van der Waals surface area (Å²) in [5.74, 6) is -1.98. The summed E-state index contributed by atoms with van der Waals surface area (Å²) in [5.41, 5.74) is 4.54. The number of likely N-dealkylation sites (tertiary alicyclic amines) is 1. The first-order valence-electron chi connectivity index (χ1n) is 11.9. The summed E-state index contributed by atoms with van der Waals surface area (Å²) in [6, 6.07) is 15.1. The molecule has 184 valence electrons. The average Bonchev–Trinajstić information content (AvgIpc) is 3.57. The van der Waals surface area contributed by atoms with Crippen molar-refractivity contribution in [2.75, 3.05) is 26.3 Å². The van der Waals surface area contributed by atoms with Gasteiger partial charge >= 0.3 is 12.1 Å². The second-order valence-corrected chi connectivity index (χ2v) is 9.28. The number of fused-ring (bicyclic) bond motifs is 3. The largest absolute Gasteiger partial charge is 0.480 e. The Bertz CT molecular complexity index is 1090. The fourth-order valence-corrected chi connectivity index (χ4v) is 5.43. The molecule has 2 aliphatic heterocycles. The summed E-state index contributed by atoms with van der Waals surface area (Å²) < 4.78 is 11.2. The molecule has 0 spiro atoms. The molecule has 9 nitrogen and oxygen atoms in total. The third-order valence-corrected chi connectivity index (χ3v) is 7.16. The maximum absolute atomic E-state index is 13.0. The molecule has 3 aliphatic rings. The number of amides is 2. The minimum atomic E-state index is -1.15. The highest BCUT2D eigenvalue weighted by Gasteiger charge is 2.45. The van der Waals surface area contributed by atoms with Crippen LogP contribution in [0.15, 0.2) is 48.5 Å². The van der Waals surface area contributed by atoms with Crippen LogP contribution in [0.4, 0.5) is 4.79 Å². The number of aliphatic carboxylic acids is 1. The molecule has 0 aromatic heterocycles. The molecule has 2 saturated heterocycles. The number of nitrogens with zero attached hydrogens (tertiary/aromatic N) is 1. The Kier molecular flexibility index (Phi) is 6.44. The maximum atomic E-state index is 13.0. The van der Waals surface area contributed by atoms with E-state index in [9.17, 15) is 24.6 Å². The van der Waals surface area contributed by atoms with Crippen LogP contribution in [-0.2, 0) is 19.1 Å². The molecule has 2 fully saturated rings. The van der Waals surface area contributed by atoms with Crippen LogP contribution in [0.3, 0.4) is 0 Å². The van der Waals surface area contributed by atoms with Crippen molar-refractivity contribution in [3.05, 3.63) is 59.7 Å². The molecule has 1 aliphatic carbocycles. The lowest BCUT2D eigenvalue weighted by Gasteiger charge is -2.27. The Hall–Kier alpha value is -3.43. The highest BCUT2D eigenvalue weighted by atomic mass is 16.5. The van der Waals surface area contributed by atoms with Crippen LogP contribution >= 0.6 is 0 Å². The number of hydrogen-bond acceptors (Lipinski definition) is 6. The summed E-state index contributed by atoms with van der Waals surface area (Å²) in [5, 5.41) is 22.0. The van der Waals surface area contributed by atoms with Crippen molar-refractivity contribution in [2.24, 2.45) is 5.92 Å². The van der Waals surface area contributed by atoms with E-state index in [1.807, 2.05) is 36.4 Å². The van der Waals surface area contributed by atoms with Gasteiger partial charge in [0, 0.05) is 38.0 Å². The third kappa shape index (κ3) is 4.49. The number of carbonyl (C=O) groups excluding carboxylic acids is 2. The first kappa shape index (κ1) is 23.3. The van der Waals surface area contributed by atoms with Crippen molar-refractivity contribution >= 4 is 18.0 Å². The maximum Gasteiger partial charge on any atom is 0.407 e. The van der Waals surface area contributed by atoms with Gasteiger partial charge in [0.1, 0.15) is 18.8 Å². The van der Waals surface area contributed by atoms with E-state index in [2.05, 4.69) is 17.4 Å². The van der Waals surface area contributed by atoms with Crippen molar-refractivity contribution in [2.45, 2.75) is 37.0 Å². The second kappa shape index (κ2) is 9.67. The highest BCUT2D eigenvalue weighted by Crippen LogP contribution is 2.44. The molecule has 2 amide bonds. The van der Waals surface area contributed by atoms with Crippen molar-refractivity contribution < 1.29 is 34.1 Å². The highest BCUT2D eigenvalue weighted by molar-refractivity contribution is 5.87. The number of aliphatic hydroxyl groups excluding tert-OH is 1. The van der Waals surface area contributed by atoms with Gasteiger partial charge in [-0.3, -0.25) is 4.79 Å². The van der Waals surface area contributed by atoms with Crippen LogP contribution < -0.4 is 5.32 Å². The Labute approximate surface area is 202 Å². The SMILES string of the molecule is O=C(NCC1CCOC1C(=O)N1C[C@H](O)C[C@@H]1C(=O)O)OCC1c2ccccc2-c2ccccc21. The van der Waals surface area contributed by atoms with Gasteiger partial charge in [0.25, 0.3) is 5.91 Å². The zero-order valence-electron chi connectivity index (χ0n) is 19.1. The predicted molar refractivity (Wildman–Crippen MR) is 125 cm³/mol. The number of benzene rings is 2. The summed E-state index contributed by atoms with van der Waals surface area (Å²) in [6.45, 7) is 0.653. The number of ether oxygens (including phenoxy) is 2. The Morgan fingerprint density at radius 1 is 1.06 bits per heavy atom. The molecule has 5 rings (SSSR count). The normalized spacial score (nSPS) is 25.2. The molecule has 4 atom stereocenters. The smallest absolute Gasteiger partial charge is 0.407 e. The fourth-order valence-electron chi connectivity index (χ4n) is 5.43. The molecule has 2 aromatic carbocycles. The minimum Gasteiger partial charge on any atom is -0.480 e. The number of aliphatic hydroxyl groups is 1. The summed E-state index contributed by atoms with van der Waals surface area (Å²) in [7, 11) is 0. The van der Waals surface area contributed by atoms with Crippen LogP contribution in [0.5, 0.6) is 0 Å². The molecule has 35 heavy (non-hydrogen) atoms. The van der Waals surface area contributed by atoms with E-state index < -0.39 is 36.2 Å². The van der Waals surface area contributed by atoms with Gasteiger partial charge in [0.15, 0.2) is 0 Å². The van der Waals surface area contributed by atoms with Crippen molar-refractivity contribution in [1.29, 1.82) is 0 Å². The quantitative estimate of drug-likeness (QED) is 0.577. The zero-order chi connectivity index (χ0) is 24.5. The fraction of sp³-hybridized carbons (Fsp3) is 0.423. The van der Waals surface area contributed by atoms with Gasteiger partial charge < -0.3 is 29.9 Å². The Balaban J connectivity index is 1.17. The van der Waals surface area contributed by atoms with Crippen molar-refractivity contribution in [3.63, 3.8) is 0 Å². The third-order valence-electron chi connectivity index (χ3n) is 7.16. The van der Waals surface area contributed by atoms with Gasteiger partial charge in [0.2, 0.25) is 0 Å². The molecule has 0 bridgehead atoms. The van der Waals surface area contributed by atoms with Crippen LogP contribution in [0, 0.1) is 5.92 Å². The summed E-state index contributed by atoms with van der Waals surface area (Å²) in [4.78, 5) is 38.2. The first-order chi connectivity index (χ1) is 16.9. The minimum absolute atomic E-state index is 0.00351. The second-order valence-electron chi connectivity index (χ2n) is 9.28. The van der Waals surface area contributed by atoms with E-state index in [0.29, 0.717) is 13.0 Å². The Morgan fingerprint density at radius 2 is 1.71 bits per heavy atom. The van der Waals surface area contributed by atoms with Crippen molar-refractivity contribution in [1.82, 2.24) is 10.2 Å². The van der Waals surface area contributed by atoms with E-state index in [4.69, 9.17) is 9.47 Å². The van der Waals surface area contributed by atoms with Crippen LogP contribution in [0.2, 0.25) is 0 Å². The van der Waals surface area contributed by atoms with Gasteiger partial charge in [-0.15, -0.1) is 0 Å². The van der Waals surface area contributed by atoms with E-state index in [1.165, 1.54) is 4.90 Å².